The van der Waals surface area contributed by atoms with Crippen LogP contribution in [0.3, 0.4) is 0 Å². The molecule has 1 fully saturated rings. The van der Waals surface area contributed by atoms with Crippen molar-refractivity contribution in [2.45, 2.75) is 18.9 Å². The maximum atomic E-state index is 10.2. The number of carbonyl (C=O) groups excluding carboxylic acids is 1. The fraction of sp³-hybridized carbons (Fsp3) is 0.571. The Morgan fingerprint density at radius 2 is 2.50 bits per heavy atom. The van der Waals surface area contributed by atoms with E-state index < -0.39 is 0 Å². The number of rotatable bonds is 2. The average molecular weight is 168 g/mol. The summed E-state index contributed by atoms with van der Waals surface area (Å²) in [6.07, 6.45) is 2.36. The monoisotopic (exact) mass is 168 g/mol. The van der Waals surface area contributed by atoms with E-state index in [2.05, 4.69) is 14.7 Å². The lowest BCUT2D eigenvalue weighted by Gasteiger charge is -2.00. The van der Waals surface area contributed by atoms with Crippen LogP contribution < -0.4 is 0 Å². The Balaban J connectivity index is 2.16. The van der Waals surface area contributed by atoms with E-state index >= 15 is 0 Å². The minimum Gasteiger partial charge on any atom is -0.370 e. The molecule has 0 radical (unpaired) electrons. The van der Waals surface area contributed by atoms with Crippen LogP contribution in [0.2, 0.25) is 0 Å². The van der Waals surface area contributed by atoms with Gasteiger partial charge in [0.15, 0.2) is 0 Å². The molecule has 0 N–H and O–H groups in total. The summed E-state index contributed by atoms with van der Waals surface area (Å²) in [5.41, 5.74) is 0. The van der Waals surface area contributed by atoms with Crippen LogP contribution in [0.5, 0.6) is 0 Å². The molecule has 0 bridgehead atoms. The molecule has 5 nitrogen and oxygen atoms in total. The van der Waals surface area contributed by atoms with Crippen molar-refractivity contribution in [2.75, 3.05) is 6.61 Å². The van der Waals surface area contributed by atoms with Gasteiger partial charge < -0.3 is 9.26 Å². The molecule has 1 aliphatic heterocycles. The smallest absolute Gasteiger partial charge is 0.290 e. The van der Waals surface area contributed by atoms with Crippen molar-refractivity contribution < 1.29 is 14.1 Å². The van der Waals surface area contributed by atoms with Gasteiger partial charge in [-0.25, -0.2) is 0 Å². The third kappa shape index (κ3) is 1.23. The molecule has 2 heterocycles. The highest BCUT2D eigenvalue weighted by Crippen LogP contribution is 2.25. The molecule has 0 aliphatic carbocycles. The van der Waals surface area contributed by atoms with Crippen LogP contribution in [-0.4, -0.2) is 23.0 Å². The number of aldehydes is 1. The van der Waals surface area contributed by atoms with Gasteiger partial charge in [-0.1, -0.05) is 5.16 Å². The third-order valence-electron chi connectivity index (χ3n) is 1.78. The Morgan fingerprint density at radius 3 is 3.08 bits per heavy atom. The normalized spacial score (nSPS) is 22.8. The summed E-state index contributed by atoms with van der Waals surface area (Å²) in [6.45, 7) is 0.732. The van der Waals surface area contributed by atoms with Crippen LogP contribution >= 0.6 is 0 Å². The summed E-state index contributed by atoms with van der Waals surface area (Å²) in [5, 5.41) is 3.63. The lowest BCUT2D eigenvalue weighted by molar-refractivity contribution is 0.102. The minimum absolute atomic E-state index is 0.0144. The van der Waals surface area contributed by atoms with Gasteiger partial charge in [-0.15, -0.1) is 0 Å². The van der Waals surface area contributed by atoms with E-state index in [0.29, 0.717) is 12.1 Å². The molecule has 0 saturated carbocycles. The Bertz CT molecular complexity index is 278. The summed E-state index contributed by atoms with van der Waals surface area (Å²) in [6, 6.07) is 0. The largest absolute Gasteiger partial charge is 0.370 e. The van der Waals surface area contributed by atoms with Gasteiger partial charge in [0, 0.05) is 6.61 Å². The Labute approximate surface area is 68.7 Å². The molecule has 5 heteroatoms. The van der Waals surface area contributed by atoms with Gasteiger partial charge in [-0.05, 0) is 12.8 Å². The third-order valence-corrected chi connectivity index (χ3v) is 1.78. The average Bonchev–Trinajstić information content (AvgIpc) is 2.75. The molecular weight excluding hydrogens is 160 g/mol. The second kappa shape index (κ2) is 3.02. The number of carbonyl (C=O) groups is 1. The highest BCUT2D eigenvalue weighted by atomic mass is 16.5. The lowest BCUT2D eigenvalue weighted by atomic mass is 10.2. The van der Waals surface area contributed by atoms with Gasteiger partial charge in [0.25, 0.3) is 5.89 Å². The van der Waals surface area contributed by atoms with Crippen molar-refractivity contribution in [3.8, 4) is 0 Å². The second-order valence-corrected chi connectivity index (χ2v) is 2.61. The highest BCUT2D eigenvalue weighted by molar-refractivity contribution is 5.66. The quantitative estimate of drug-likeness (QED) is 0.609. The molecule has 12 heavy (non-hydrogen) atoms. The molecule has 0 amide bonds. The zero-order valence-electron chi connectivity index (χ0n) is 6.40. The predicted octanol–water partition coefficient (Wildman–Crippen LogP) is 0.734. The van der Waals surface area contributed by atoms with Crippen molar-refractivity contribution in [3.63, 3.8) is 0 Å². The summed E-state index contributed by atoms with van der Waals surface area (Å²) in [5.74, 6) is 0.495. The molecule has 0 spiro atoms. The predicted molar refractivity (Wildman–Crippen MR) is 37.6 cm³/mol. The number of ether oxygens (including phenoxy) is 1. The summed E-state index contributed by atoms with van der Waals surface area (Å²) < 4.78 is 9.91. The zero-order chi connectivity index (χ0) is 8.39. The van der Waals surface area contributed by atoms with Gasteiger partial charge >= 0.3 is 0 Å². The van der Waals surface area contributed by atoms with Gasteiger partial charge in [0.1, 0.15) is 6.10 Å². The number of hydrogen-bond donors (Lipinski definition) is 0. The van der Waals surface area contributed by atoms with Gasteiger partial charge in [0.05, 0.1) is 0 Å². The zero-order valence-corrected chi connectivity index (χ0v) is 6.40. The summed E-state index contributed by atoms with van der Waals surface area (Å²) >= 11 is 0. The van der Waals surface area contributed by atoms with Crippen LogP contribution in [0.1, 0.15) is 35.5 Å². The van der Waals surface area contributed by atoms with Crippen molar-refractivity contribution >= 4 is 6.29 Å². The van der Waals surface area contributed by atoms with E-state index in [0.717, 1.165) is 19.4 Å². The van der Waals surface area contributed by atoms with Crippen LogP contribution in [0.4, 0.5) is 0 Å². The molecule has 2 rings (SSSR count). The Morgan fingerprint density at radius 1 is 1.58 bits per heavy atom. The van der Waals surface area contributed by atoms with E-state index in [4.69, 9.17) is 4.74 Å². The van der Waals surface area contributed by atoms with Crippen molar-refractivity contribution in [3.05, 3.63) is 11.7 Å². The van der Waals surface area contributed by atoms with Gasteiger partial charge in [-0.2, -0.15) is 4.98 Å². The standard InChI is InChI=1S/C7H8N2O3/c10-4-6-8-7(9-12-6)5-2-1-3-11-5/h4-5H,1-3H2. The molecule has 1 saturated heterocycles. The number of aromatic nitrogens is 2. The SMILES string of the molecule is O=Cc1nc(C2CCCO2)no1. The maximum absolute atomic E-state index is 10.2. The van der Waals surface area contributed by atoms with Crippen LogP contribution in [0.15, 0.2) is 4.52 Å². The fourth-order valence-electron chi connectivity index (χ4n) is 1.21. The van der Waals surface area contributed by atoms with Crippen molar-refractivity contribution in [2.24, 2.45) is 0 Å². The molecule has 1 atom stereocenters. The first-order valence-corrected chi connectivity index (χ1v) is 3.80. The summed E-state index contributed by atoms with van der Waals surface area (Å²) in [7, 11) is 0. The fourth-order valence-corrected chi connectivity index (χ4v) is 1.21. The second-order valence-electron chi connectivity index (χ2n) is 2.61. The Hall–Kier alpha value is -1.23. The van der Waals surface area contributed by atoms with E-state index in [-0.39, 0.29) is 12.0 Å². The number of hydrogen-bond acceptors (Lipinski definition) is 5. The molecule has 0 aromatic carbocycles. The first kappa shape index (κ1) is 7.42. The van der Waals surface area contributed by atoms with E-state index in [9.17, 15) is 4.79 Å². The maximum Gasteiger partial charge on any atom is 0.290 e. The molecular formula is C7H8N2O3. The molecule has 1 aromatic heterocycles. The molecule has 1 unspecified atom stereocenters. The lowest BCUT2D eigenvalue weighted by Crippen LogP contribution is -1.98. The van der Waals surface area contributed by atoms with E-state index in [1.807, 2.05) is 0 Å². The van der Waals surface area contributed by atoms with Crippen molar-refractivity contribution in [1.29, 1.82) is 0 Å². The Kier molecular flexibility index (Phi) is 1.87. The van der Waals surface area contributed by atoms with Crippen molar-refractivity contribution in [1.82, 2.24) is 10.1 Å². The molecule has 1 aliphatic rings. The minimum atomic E-state index is -0.0811. The first-order valence-electron chi connectivity index (χ1n) is 3.80. The number of nitrogens with zero attached hydrogens (tertiary/aromatic N) is 2. The van der Waals surface area contributed by atoms with Gasteiger partial charge in [0.2, 0.25) is 12.1 Å². The van der Waals surface area contributed by atoms with E-state index in [1.54, 1.807) is 0 Å². The highest BCUT2D eigenvalue weighted by Gasteiger charge is 2.22. The summed E-state index contributed by atoms with van der Waals surface area (Å²) in [4.78, 5) is 14.0. The first-order chi connectivity index (χ1) is 5.90. The van der Waals surface area contributed by atoms with Gasteiger partial charge in [-0.3, -0.25) is 4.79 Å². The molecule has 64 valence electrons. The van der Waals surface area contributed by atoms with Crippen LogP contribution in [-0.2, 0) is 4.74 Å². The van der Waals surface area contributed by atoms with E-state index in [1.165, 1.54) is 0 Å². The molecule has 1 aromatic rings. The van der Waals surface area contributed by atoms with Crippen LogP contribution in [0.25, 0.3) is 0 Å². The topological polar surface area (TPSA) is 65.2 Å². The van der Waals surface area contributed by atoms with Crippen LogP contribution in [0, 0.1) is 0 Å².